The van der Waals surface area contributed by atoms with Crippen LogP contribution in [-0.2, 0) is 11.2 Å². The Bertz CT molecular complexity index is 613. The number of nitrogens with zero attached hydrogens (tertiary/aromatic N) is 1. The molecule has 2 rings (SSSR count). The number of nitrogens with one attached hydrogen (secondary N) is 1. The van der Waals surface area contributed by atoms with Crippen LogP contribution in [0.5, 0.6) is 0 Å². The number of aryl methyl sites for hydroxylation is 1. The molecule has 0 saturated heterocycles. The fraction of sp³-hybridized carbons (Fsp3) is 0.467. The minimum absolute atomic E-state index is 0.574. The van der Waals surface area contributed by atoms with E-state index in [-0.39, 0.29) is 0 Å². The van der Waals surface area contributed by atoms with Gasteiger partial charge in [-0.2, -0.15) is 11.8 Å². The monoisotopic (exact) mass is 324 g/mol. The van der Waals surface area contributed by atoms with Crippen molar-refractivity contribution < 1.29 is 9.90 Å². The summed E-state index contributed by atoms with van der Waals surface area (Å²) < 4.78 is 1.10. The molecule has 6 heteroatoms. The van der Waals surface area contributed by atoms with E-state index in [0.29, 0.717) is 11.6 Å². The SMILES string of the molecule is CCSCCC(Nc1nc2ccc(CC)cc2s1)C(=O)O. The molecule has 1 heterocycles. The molecule has 21 heavy (non-hydrogen) atoms. The highest BCUT2D eigenvalue weighted by Gasteiger charge is 2.18. The fourth-order valence-corrected chi connectivity index (χ4v) is 3.68. The van der Waals surface area contributed by atoms with Crippen molar-refractivity contribution in [1.29, 1.82) is 0 Å². The lowest BCUT2D eigenvalue weighted by atomic mass is 10.2. The number of benzene rings is 1. The van der Waals surface area contributed by atoms with Gasteiger partial charge >= 0.3 is 5.97 Å². The molecule has 0 amide bonds. The van der Waals surface area contributed by atoms with Crippen molar-refractivity contribution in [3.63, 3.8) is 0 Å². The molecule has 0 saturated carbocycles. The Morgan fingerprint density at radius 1 is 1.48 bits per heavy atom. The van der Waals surface area contributed by atoms with Crippen molar-refractivity contribution in [2.24, 2.45) is 0 Å². The van der Waals surface area contributed by atoms with E-state index in [1.807, 2.05) is 6.07 Å². The molecular formula is C15H20N2O2S2. The summed E-state index contributed by atoms with van der Waals surface area (Å²) in [6, 6.07) is 5.62. The number of carboxylic acids is 1. The van der Waals surface area contributed by atoms with Gasteiger partial charge in [0, 0.05) is 0 Å². The Kier molecular flexibility index (Phi) is 5.87. The van der Waals surface area contributed by atoms with Crippen LogP contribution in [0.1, 0.15) is 25.8 Å². The molecule has 2 N–H and O–H groups in total. The Hall–Kier alpha value is -1.27. The van der Waals surface area contributed by atoms with Crippen LogP contribution in [0.25, 0.3) is 10.2 Å². The maximum Gasteiger partial charge on any atom is 0.326 e. The van der Waals surface area contributed by atoms with Crippen molar-refractivity contribution in [1.82, 2.24) is 4.98 Å². The molecular weight excluding hydrogens is 304 g/mol. The summed E-state index contributed by atoms with van der Waals surface area (Å²) in [5.41, 5.74) is 2.19. The smallest absolute Gasteiger partial charge is 0.326 e. The summed E-state index contributed by atoms with van der Waals surface area (Å²) in [5.74, 6) is 1.03. The molecule has 0 aliphatic heterocycles. The summed E-state index contributed by atoms with van der Waals surface area (Å²) in [6.07, 6.45) is 1.59. The van der Waals surface area contributed by atoms with Gasteiger partial charge in [-0.3, -0.25) is 0 Å². The van der Waals surface area contributed by atoms with Crippen LogP contribution >= 0.6 is 23.1 Å². The van der Waals surface area contributed by atoms with E-state index in [1.54, 1.807) is 11.8 Å². The van der Waals surface area contributed by atoms with Crippen molar-refractivity contribution in [3.8, 4) is 0 Å². The van der Waals surface area contributed by atoms with Gasteiger partial charge in [0.15, 0.2) is 5.13 Å². The Balaban J connectivity index is 2.10. The zero-order valence-corrected chi connectivity index (χ0v) is 13.9. The van der Waals surface area contributed by atoms with Gasteiger partial charge < -0.3 is 10.4 Å². The highest BCUT2D eigenvalue weighted by atomic mass is 32.2. The number of thioether (sulfide) groups is 1. The van der Waals surface area contributed by atoms with Crippen molar-refractivity contribution in [2.45, 2.75) is 32.7 Å². The van der Waals surface area contributed by atoms with E-state index in [0.717, 1.165) is 28.1 Å². The molecule has 0 aliphatic carbocycles. The average Bonchev–Trinajstić information content (AvgIpc) is 2.87. The van der Waals surface area contributed by atoms with E-state index in [1.165, 1.54) is 16.9 Å². The van der Waals surface area contributed by atoms with Gasteiger partial charge in [0.05, 0.1) is 10.2 Å². The first kappa shape index (κ1) is 16.1. The Morgan fingerprint density at radius 3 is 2.95 bits per heavy atom. The lowest BCUT2D eigenvalue weighted by Crippen LogP contribution is -2.29. The summed E-state index contributed by atoms with van der Waals surface area (Å²) >= 11 is 3.27. The number of hydrogen-bond donors (Lipinski definition) is 2. The average molecular weight is 324 g/mol. The summed E-state index contributed by atoms with van der Waals surface area (Å²) in [4.78, 5) is 15.8. The molecule has 0 radical (unpaired) electrons. The first-order valence-corrected chi connectivity index (χ1v) is 9.07. The summed E-state index contributed by atoms with van der Waals surface area (Å²) in [5, 5.41) is 13.0. The van der Waals surface area contributed by atoms with Gasteiger partial charge in [-0.05, 0) is 42.0 Å². The minimum Gasteiger partial charge on any atom is -0.480 e. The highest BCUT2D eigenvalue weighted by Crippen LogP contribution is 2.27. The number of fused-ring (bicyclic) bond motifs is 1. The maximum atomic E-state index is 11.3. The van der Waals surface area contributed by atoms with E-state index < -0.39 is 12.0 Å². The molecule has 0 bridgehead atoms. The second-order valence-electron chi connectivity index (χ2n) is 4.70. The quantitative estimate of drug-likeness (QED) is 0.722. The van der Waals surface area contributed by atoms with Gasteiger partial charge in [0.2, 0.25) is 0 Å². The van der Waals surface area contributed by atoms with Crippen molar-refractivity contribution >= 4 is 44.4 Å². The number of carboxylic acid groups (broad SMARTS) is 1. The van der Waals surface area contributed by atoms with E-state index in [9.17, 15) is 9.90 Å². The molecule has 0 fully saturated rings. The molecule has 1 aromatic carbocycles. The number of thiazole rings is 1. The second kappa shape index (κ2) is 7.66. The van der Waals surface area contributed by atoms with E-state index in [4.69, 9.17) is 0 Å². The second-order valence-corrected chi connectivity index (χ2v) is 7.12. The molecule has 1 unspecified atom stereocenters. The molecule has 0 spiro atoms. The Morgan fingerprint density at radius 2 is 2.29 bits per heavy atom. The van der Waals surface area contributed by atoms with E-state index >= 15 is 0 Å². The number of aromatic nitrogens is 1. The highest BCUT2D eigenvalue weighted by molar-refractivity contribution is 7.99. The molecule has 0 aliphatic rings. The first-order valence-electron chi connectivity index (χ1n) is 7.10. The Labute approximate surface area is 133 Å². The number of hydrogen-bond acceptors (Lipinski definition) is 5. The largest absolute Gasteiger partial charge is 0.480 e. The molecule has 2 aromatic rings. The predicted molar refractivity (Wildman–Crippen MR) is 91.7 cm³/mol. The molecule has 1 aromatic heterocycles. The zero-order chi connectivity index (χ0) is 15.2. The summed E-state index contributed by atoms with van der Waals surface area (Å²) in [6.45, 7) is 4.19. The van der Waals surface area contributed by atoms with Gasteiger partial charge in [-0.15, -0.1) is 0 Å². The molecule has 4 nitrogen and oxygen atoms in total. The lowest BCUT2D eigenvalue weighted by molar-refractivity contribution is -0.137. The summed E-state index contributed by atoms with van der Waals surface area (Å²) in [7, 11) is 0. The normalized spacial score (nSPS) is 12.5. The van der Waals surface area contributed by atoms with Crippen LogP contribution in [0.4, 0.5) is 5.13 Å². The number of anilines is 1. The van der Waals surface area contributed by atoms with Crippen LogP contribution in [-0.4, -0.2) is 33.6 Å². The van der Waals surface area contributed by atoms with Crippen LogP contribution in [0.15, 0.2) is 18.2 Å². The third kappa shape index (κ3) is 4.35. The van der Waals surface area contributed by atoms with Crippen molar-refractivity contribution in [3.05, 3.63) is 23.8 Å². The standard InChI is InChI=1S/C15H20N2O2S2/c1-3-10-5-6-11-13(9-10)21-15(16-11)17-12(14(18)19)7-8-20-4-2/h5-6,9,12H,3-4,7-8H2,1-2H3,(H,16,17)(H,18,19). The third-order valence-electron chi connectivity index (χ3n) is 3.21. The van der Waals surface area contributed by atoms with Crippen LogP contribution in [0.3, 0.4) is 0 Å². The lowest BCUT2D eigenvalue weighted by Gasteiger charge is -2.12. The maximum absolute atomic E-state index is 11.3. The van der Waals surface area contributed by atoms with Crippen LogP contribution in [0.2, 0.25) is 0 Å². The van der Waals surface area contributed by atoms with Gasteiger partial charge in [0.1, 0.15) is 6.04 Å². The predicted octanol–water partition coefficient (Wildman–Crippen LogP) is 3.87. The van der Waals surface area contributed by atoms with Gasteiger partial charge in [-0.25, -0.2) is 9.78 Å². The molecule has 114 valence electrons. The third-order valence-corrected chi connectivity index (χ3v) is 5.09. The minimum atomic E-state index is -0.819. The van der Waals surface area contributed by atoms with Crippen LogP contribution in [0, 0.1) is 0 Å². The number of carbonyl (C=O) groups is 1. The number of rotatable bonds is 8. The van der Waals surface area contributed by atoms with Gasteiger partial charge in [0.25, 0.3) is 0 Å². The van der Waals surface area contributed by atoms with Crippen LogP contribution < -0.4 is 5.32 Å². The van der Waals surface area contributed by atoms with Crippen molar-refractivity contribution in [2.75, 3.05) is 16.8 Å². The van der Waals surface area contributed by atoms with Gasteiger partial charge in [-0.1, -0.05) is 31.3 Å². The van der Waals surface area contributed by atoms with E-state index in [2.05, 4.69) is 36.3 Å². The fourth-order valence-electron chi connectivity index (χ4n) is 2.00. The number of aliphatic carboxylic acids is 1. The topological polar surface area (TPSA) is 62.2 Å². The first-order chi connectivity index (χ1) is 10.1. The zero-order valence-electron chi connectivity index (χ0n) is 12.3. The molecule has 1 atom stereocenters.